The Morgan fingerprint density at radius 3 is 2.00 bits per heavy atom. The Hall–Kier alpha value is -0.370. The Bertz CT molecular complexity index is 606. The van der Waals surface area contributed by atoms with Crippen LogP contribution in [0.3, 0.4) is 0 Å². The van der Waals surface area contributed by atoms with Crippen LogP contribution < -0.4 is 5.30 Å². The van der Waals surface area contributed by atoms with E-state index in [0.717, 1.165) is 15.1 Å². The Labute approximate surface area is 136 Å². The highest BCUT2D eigenvalue weighted by Gasteiger charge is 2.51. The van der Waals surface area contributed by atoms with Crippen molar-refractivity contribution in [2.24, 2.45) is 10.8 Å². The Kier molecular flexibility index (Phi) is 4.34. The first-order valence-corrected chi connectivity index (χ1v) is 9.64. The van der Waals surface area contributed by atoms with Crippen LogP contribution in [0.4, 0.5) is 0 Å². The average molecular weight is 371 g/mol. The summed E-state index contributed by atoms with van der Waals surface area (Å²) in [6, 6.07) is 9.56. The predicted molar refractivity (Wildman–Crippen MR) is 93.4 cm³/mol. The highest BCUT2D eigenvalue weighted by Crippen LogP contribution is 2.69. The molecule has 1 aliphatic rings. The molecule has 2 rings (SSSR count). The van der Waals surface area contributed by atoms with E-state index in [9.17, 15) is 4.57 Å². The Balaban J connectivity index is 2.66. The van der Waals surface area contributed by atoms with Crippen LogP contribution in [0, 0.1) is 10.8 Å². The van der Waals surface area contributed by atoms with E-state index >= 15 is 0 Å². The van der Waals surface area contributed by atoms with Gasteiger partial charge in [0.15, 0.2) is 0 Å². The van der Waals surface area contributed by atoms with Crippen LogP contribution in [0.5, 0.6) is 0 Å². The van der Waals surface area contributed by atoms with Gasteiger partial charge in [-0.2, -0.15) is 0 Å². The maximum Gasteiger partial charge on any atom is 0.259 e. The highest BCUT2D eigenvalue weighted by molar-refractivity contribution is 9.11. The average Bonchev–Trinajstić information content (AvgIpc) is 2.63. The molecule has 0 aromatic heterocycles. The van der Waals surface area contributed by atoms with Crippen molar-refractivity contribution in [2.75, 3.05) is 0 Å². The van der Waals surface area contributed by atoms with Crippen molar-refractivity contribution in [3.8, 4) is 0 Å². The predicted octanol–water partition coefficient (Wildman–Crippen LogP) is 5.69. The monoisotopic (exact) mass is 370 g/mol. The van der Waals surface area contributed by atoms with Crippen LogP contribution in [-0.2, 0) is 9.09 Å². The van der Waals surface area contributed by atoms with Gasteiger partial charge in [-0.3, -0.25) is 4.57 Å². The van der Waals surface area contributed by atoms with E-state index in [4.69, 9.17) is 4.52 Å². The van der Waals surface area contributed by atoms with Gasteiger partial charge >= 0.3 is 0 Å². The molecule has 0 fully saturated rings. The molecular formula is C17H24BrO2P. The third-order valence-electron chi connectivity index (χ3n) is 3.60. The molecular weight excluding hydrogens is 347 g/mol. The quantitative estimate of drug-likeness (QED) is 0.593. The first-order chi connectivity index (χ1) is 9.48. The summed E-state index contributed by atoms with van der Waals surface area (Å²) in [6.07, 6.45) is -0.183. The molecule has 0 N–H and O–H groups in total. The molecule has 0 saturated heterocycles. The van der Waals surface area contributed by atoms with Crippen LogP contribution in [-0.4, -0.2) is 6.10 Å². The lowest BCUT2D eigenvalue weighted by molar-refractivity contribution is 0.141. The normalized spacial score (nSPS) is 27.3. The van der Waals surface area contributed by atoms with Crippen LogP contribution in [0.15, 0.2) is 40.1 Å². The number of hydrogen-bond acceptors (Lipinski definition) is 2. The minimum Gasteiger partial charge on any atom is -0.313 e. The molecule has 2 atom stereocenters. The second-order valence-electron chi connectivity index (χ2n) is 7.69. The molecule has 21 heavy (non-hydrogen) atoms. The first-order valence-electron chi connectivity index (χ1n) is 7.23. The molecule has 1 aromatic rings. The lowest BCUT2D eigenvalue weighted by atomic mass is 9.86. The largest absolute Gasteiger partial charge is 0.313 e. The highest BCUT2D eigenvalue weighted by atomic mass is 79.9. The number of hydrogen-bond donors (Lipinski definition) is 0. The van der Waals surface area contributed by atoms with E-state index in [0.29, 0.717) is 0 Å². The van der Waals surface area contributed by atoms with E-state index in [1.165, 1.54) is 0 Å². The molecule has 1 aliphatic heterocycles. The zero-order valence-electron chi connectivity index (χ0n) is 13.6. The summed E-state index contributed by atoms with van der Waals surface area (Å²) < 4.78 is 20.9. The van der Waals surface area contributed by atoms with E-state index in [1.54, 1.807) is 0 Å². The van der Waals surface area contributed by atoms with Gasteiger partial charge in [-0.05, 0) is 23.0 Å². The number of allylic oxidation sites excluding steroid dienone is 1. The van der Waals surface area contributed by atoms with E-state index in [1.807, 2.05) is 30.3 Å². The number of rotatable bonds is 1. The fourth-order valence-electron chi connectivity index (χ4n) is 2.66. The molecule has 116 valence electrons. The van der Waals surface area contributed by atoms with E-state index in [-0.39, 0.29) is 16.9 Å². The van der Waals surface area contributed by atoms with Crippen LogP contribution in [0.25, 0.3) is 0 Å². The molecule has 1 heterocycles. The van der Waals surface area contributed by atoms with Crippen molar-refractivity contribution >= 4 is 28.6 Å². The Morgan fingerprint density at radius 1 is 1.05 bits per heavy atom. The maximum atomic E-state index is 13.8. The summed E-state index contributed by atoms with van der Waals surface area (Å²) in [5.74, 6) is 0. The third-order valence-corrected chi connectivity index (χ3v) is 7.70. The molecule has 4 heteroatoms. The van der Waals surface area contributed by atoms with Gasteiger partial charge in [-0.15, -0.1) is 0 Å². The fraction of sp³-hybridized carbons (Fsp3) is 0.529. The molecule has 1 unspecified atom stereocenters. The summed E-state index contributed by atoms with van der Waals surface area (Å²) in [6.45, 7) is 12.6. The standard InChI is InChI=1S/C17H24BrO2P/c1-16(2,3)14-13(18)15(17(4,5)6)21(19,20-14)12-10-8-7-9-11-12/h7-11,14H,1-6H3/t14-,21?/m0/s1. The number of halogens is 1. The van der Waals surface area contributed by atoms with Gasteiger partial charge in [-0.1, -0.05) is 75.7 Å². The van der Waals surface area contributed by atoms with Gasteiger partial charge in [0.1, 0.15) is 6.10 Å². The van der Waals surface area contributed by atoms with Gasteiger partial charge in [0.25, 0.3) is 7.37 Å². The van der Waals surface area contributed by atoms with Gasteiger partial charge in [0, 0.05) is 15.1 Å². The van der Waals surface area contributed by atoms with E-state index < -0.39 is 7.37 Å². The SMILES string of the molecule is CC(C)(C)C1=C(Br)[C@@H](C(C)(C)C)OP1(=O)c1ccccc1. The first kappa shape index (κ1) is 17.0. The van der Waals surface area contributed by atoms with Gasteiger partial charge in [0.05, 0.1) is 0 Å². The topological polar surface area (TPSA) is 26.3 Å². The molecule has 0 radical (unpaired) electrons. The molecule has 0 spiro atoms. The van der Waals surface area contributed by atoms with E-state index in [2.05, 4.69) is 57.5 Å². The maximum absolute atomic E-state index is 13.8. The second kappa shape index (κ2) is 5.37. The minimum absolute atomic E-state index is 0.115. The molecule has 0 saturated carbocycles. The molecule has 0 bridgehead atoms. The summed E-state index contributed by atoms with van der Waals surface area (Å²) in [5.41, 5.74) is -0.333. The van der Waals surface area contributed by atoms with Crippen molar-refractivity contribution < 1.29 is 9.09 Å². The zero-order chi connectivity index (χ0) is 16.1. The molecule has 0 aliphatic carbocycles. The van der Waals surface area contributed by atoms with Gasteiger partial charge in [0.2, 0.25) is 0 Å². The lowest BCUT2D eigenvalue weighted by Gasteiger charge is -2.28. The van der Waals surface area contributed by atoms with Crippen molar-refractivity contribution in [3.05, 3.63) is 40.1 Å². The van der Waals surface area contributed by atoms with Crippen LogP contribution in [0.2, 0.25) is 0 Å². The van der Waals surface area contributed by atoms with Crippen molar-refractivity contribution in [1.82, 2.24) is 0 Å². The van der Waals surface area contributed by atoms with Crippen LogP contribution >= 0.6 is 23.3 Å². The lowest BCUT2D eigenvalue weighted by Crippen LogP contribution is -2.26. The molecule has 1 aromatic carbocycles. The second-order valence-corrected chi connectivity index (χ2v) is 10.8. The van der Waals surface area contributed by atoms with Crippen molar-refractivity contribution in [2.45, 2.75) is 47.6 Å². The third kappa shape index (κ3) is 3.06. The van der Waals surface area contributed by atoms with Gasteiger partial charge < -0.3 is 4.52 Å². The van der Waals surface area contributed by atoms with Crippen molar-refractivity contribution in [3.63, 3.8) is 0 Å². The Morgan fingerprint density at radius 2 is 1.57 bits per heavy atom. The van der Waals surface area contributed by atoms with Crippen LogP contribution in [0.1, 0.15) is 41.5 Å². The zero-order valence-corrected chi connectivity index (χ0v) is 16.1. The van der Waals surface area contributed by atoms with Gasteiger partial charge in [-0.25, -0.2) is 0 Å². The summed E-state index contributed by atoms with van der Waals surface area (Å²) in [4.78, 5) is 0. The van der Waals surface area contributed by atoms with Crippen molar-refractivity contribution in [1.29, 1.82) is 0 Å². The molecule has 2 nitrogen and oxygen atoms in total. The molecule has 0 amide bonds. The minimum atomic E-state index is -3.03. The number of benzene rings is 1. The smallest absolute Gasteiger partial charge is 0.259 e. The summed E-state index contributed by atoms with van der Waals surface area (Å²) in [7, 11) is -3.03. The fourth-order valence-corrected chi connectivity index (χ4v) is 7.93. The summed E-state index contributed by atoms with van der Waals surface area (Å²) >= 11 is 3.70. The summed E-state index contributed by atoms with van der Waals surface area (Å²) in [5, 5.41) is 1.68.